The van der Waals surface area contributed by atoms with Gasteiger partial charge in [0.15, 0.2) is 11.4 Å². The number of anilines is 2. The first-order chi connectivity index (χ1) is 21.0. The van der Waals surface area contributed by atoms with Gasteiger partial charge in [-0.25, -0.2) is 4.79 Å². The molecule has 2 aromatic rings. The Bertz CT molecular complexity index is 1780. The third-order valence-electron chi connectivity index (χ3n) is 8.83. The summed E-state index contributed by atoms with van der Waals surface area (Å²) in [4.78, 5) is 67.5. The van der Waals surface area contributed by atoms with Gasteiger partial charge in [0, 0.05) is 31.3 Å². The van der Waals surface area contributed by atoms with E-state index in [1.54, 1.807) is 19.0 Å². The van der Waals surface area contributed by atoms with E-state index in [1.165, 1.54) is 49.3 Å². The fraction of sp³-hybridized carbons (Fsp3) is 0.323. The Balaban J connectivity index is 1.69. The quantitative estimate of drug-likeness (QED) is 0.177. The highest BCUT2D eigenvalue weighted by atomic mass is 16.4. The molecule has 0 aliphatic heterocycles. The second-order valence-corrected chi connectivity index (χ2v) is 11.8. The number of ketones is 2. The summed E-state index contributed by atoms with van der Waals surface area (Å²) in [5.74, 6) is -10.1. The highest BCUT2D eigenvalue weighted by Crippen LogP contribution is 2.54. The molecule has 0 spiro atoms. The molecule has 8 N–H and O–H groups in total. The Kier molecular flexibility index (Phi) is 7.46. The van der Waals surface area contributed by atoms with Crippen LogP contribution in [0, 0.1) is 11.8 Å². The number of likely N-dealkylation sites (N-methyl/N-ethyl adjacent to an activating group) is 1. The topological polar surface area (TPSA) is 231 Å². The van der Waals surface area contributed by atoms with Crippen molar-refractivity contribution >= 4 is 46.5 Å². The lowest BCUT2D eigenvalue weighted by atomic mass is 9.57. The highest BCUT2D eigenvalue weighted by Gasteiger charge is 2.64. The number of nitrogens with zero attached hydrogens (tertiary/aromatic N) is 2. The van der Waals surface area contributed by atoms with E-state index in [9.17, 15) is 49.5 Å². The zero-order chi connectivity index (χ0) is 33.3. The molecule has 2 amide bonds. The molecule has 2 aromatic carbocycles. The van der Waals surface area contributed by atoms with E-state index in [-0.39, 0.29) is 40.8 Å². The van der Waals surface area contributed by atoms with Gasteiger partial charge in [-0.05, 0) is 56.6 Å². The molecule has 3 aliphatic rings. The molecule has 0 bridgehead atoms. The Morgan fingerprint density at radius 2 is 1.64 bits per heavy atom. The number of aliphatic hydroxyl groups is 3. The Hall–Kier alpha value is -5.21. The molecule has 3 aliphatic carbocycles. The van der Waals surface area contributed by atoms with E-state index in [4.69, 9.17) is 5.73 Å². The molecule has 1 fully saturated rings. The second-order valence-electron chi connectivity index (χ2n) is 11.8. The smallest absolute Gasteiger partial charge is 0.336 e. The van der Waals surface area contributed by atoms with E-state index in [0.29, 0.717) is 11.3 Å². The number of carbonyl (C=O) groups is 5. The molecule has 0 radical (unpaired) electrons. The van der Waals surface area contributed by atoms with Gasteiger partial charge < -0.3 is 41.5 Å². The van der Waals surface area contributed by atoms with Gasteiger partial charge >= 0.3 is 5.97 Å². The number of Topliss-reactive ketones (excluding diaryl/α,β-unsaturated/α-hetero) is 2. The summed E-state index contributed by atoms with van der Waals surface area (Å²) in [6.07, 6.45) is -0.0322. The van der Waals surface area contributed by atoms with Crippen LogP contribution in [0.5, 0.6) is 5.75 Å². The van der Waals surface area contributed by atoms with Gasteiger partial charge in [-0.3, -0.25) is 24.1 Å². The predicted octanol–water partition coefficient (Wildman–Crippen LogP) is 0.981. The lowest BCUT2D eigenvalue weighted by molar-refractivity contribution is -0.153. The lowest BCUT2D eigenvalue weighted by Gasteiger charge is -2.50. The van der Waals surface area contributed by atoms with Crippen molar-refractivity contribution in [1.29, 1.82) is 0 Å². The largest absolute Gasteiger partial charge is 0.508 e. The zero-order valence-electron chi connectivity index (χ0n) is 24.8. The number of carbonyl (C=O) groups excluding carboxylic acids is 4. The van der Waals surface area contributed by atoms with Gasteiger partial charge in [-0.15, -0.1) is 0 Å². The normalized spacial score (nSPS) is 24.2. The van der Waals surface area contributed by atoms with E-state index in [0.717, 1.165) is 0 Å². The minimum atomic E-state index is -2.79. The summed E-state index contributed by atoms with van der Waals surface area (Å²) >= 11 is 0. The van der Waals surface area contributed by atoms with E-state index in [2.05, 4.69) is 5.32 Å². The number of fused-ring (bicyclic) bond motifs is 3. The number of benzene rings is 2. The van der Waals surface area contributed by atoms with Crippen LogP contribution in [0.2, 0.25) is 0 Å². The number of phenols is 1. The van der Waals surface area contributed by atoms with Gasteiger partial charge in [0.2, 0.25) is 5.78 Å². The van der Waals surface area contributed by atoms with E-state index in [1.807, 2.05) is 0 Å². The van der Waals surface area contributed by atoms with Crippen LogP contribution >= 0.6 is 0 Å². The van der Waals surface area contributed by atoms with Crippen LogP contribution in [0.3, 0.4) is 0 Å². The third-order valence-corrected chi connectivity index (χ3v) is 8.83. The number of carboxylic acid groups (broad SMARTS) is 1. The summed E-state index contributed by atoms with van der Waals surface area (Å²) in [6.45, 7) is 0. The van der Waals surface area contributed by atoms with Gasteiger partial charge in [0.05, 0.1) is 28.4 Å². The van der Waals surface area contributed by atoms with Crippen LogP contribution in [0.15, 0.2) is 47.2 Å². The molecular weight excluding hydrogens is 588 g/mol. The maximum absolute atomic E-state index is 14.1. The molecule has 14 nitrogen and oxygen atoms in total. The summed E-state index contributed by atoms with van der Waals surface area (Å²) < 4.78 is 0. The van der Waals surface area contributed by atoms with Crippen LogP contribution in [0.25, 0.3) is 5.76 Å². The number of aromatic carboxylic acids is 1. The molecule has 4 atom stereocenters. The zero-order valence-corrected chi connectivity index (χ0v) is 24.8. The summed E-state index contributed by atoms with van der Waals surface area (Å²) in [5.41, 5.74) is 1.23. The molecule has 14 heteroatoms. The van der Waals surface area contributed by atoms with Crippen LogP contribution in [-0.4, -0.2) is 99.6 Å². The first kappa shape index (κ1) is 31.2. The second kappa shape index (κ2) is 10.7. The minimum Gasteiger partial charge on any atom is -0.508 e. The number of amides is 2. The number of aromatic hydroxyl groups is 1. The van der Waals surface area contributed by atoms with Gasteiger partial charge in [-0.1, -0.05) is 12.1 Å². The molecule has 45 heavy (non-hydrogen) atoms. The molecule has 5 rings (SSSR count). The standard InChI is InChI=1S/C31H32N4O10/c1-34(2)18-11-17(33-29(42)13-7-5-6-8-14(13)30(43)44)23(36)20-15(18)9-12-10-16-22(35(3)4)25(38)21(28(32)41)27(40)31(16,45)26(39)19(12)24(20)37/h5-8,11-12,16,22,36-37,40,45H,9-10H2,1-4H3,(H2,32,41)(H,33,42)(H,43,44)/t12?,16?,22-,31-/m0/s1. The van der Waals surface area contributed by atoms with Crippen molar-refractivity contribution in [2.75, 3.05) is 38.4 Å². The van der Waals surface area contributed by atoms with Crippen molar-refractivity contribution in [3.63, 3.8) is 0 Å². The Morgan fingerprint density at radius 3 is 2.20 bits per heavy atom. The molecular formula is C31H32N4O10. The number of carboxylic acids is 1. The molecule has 2 unspecified atom stereocenters. The van der Waals surface area contributed by atoms with Gasteiger partial charge in [0.1, 0.15) is 22.8 Å². The van der Waals surface area contributed by atoms with Crippen LogP contribution < -0.4 is 16.0 Å². The maximum atomic E-state index is 14.1. The van der Waals surface area contributed by atoms with Crippen molar-refractivity contribution < 1.29 is 49.5 Å². The average Bonchev–Trinajstić information content (AvgIpc) is 2.95. The first-order valence-electron chi connectivity index (χ1n) is 13.9. The number of hydrogen-bond acceptors (Lipinski definition) is 11. The summed E-state index contributed by atoms with van der Waals surface area (Å²) in [7, 11) is 6.38. The van der Waals surface area contributed by atoms with Crippen molar-refractivity contribution in [3.05, 3.63) is 69.5 Å². The fourth-order valence-corrected chi connectivity index (χ4v) is 6.84. The number of rotatable bonds is 6. The highest BCUT2D eigenvalue weighted by molar-refractivity contribution is 6.24. The van der Waals surface area contributed by atoms with Crippen molar-refractivity contribution in [3.8, 4) is 5.75 Å². The van der Waals surface area contributed by atoms with Crippen molar-refractivity contribution in [2.45, 2.75) is 24.5 Å². The van der Waals surface area contributed by atoms with Crippen molar-refractivity contribution in [2.24, 2.45) is 17.6 Å². The molecule has 236 valence electrons. The molecule has 1 saturated carbocycles. The van der Waals surface area contributed by atoms with Crippen molar-refractivity contribution in [1.82, 2.24) is 4.90 Å². The fourth-order valence-electron chi connectivity index (χ4n) is 6.84. The van der Waals surface area contributed by atoms with Crippen LogP contribution in [-0.2, 0) is 20.8 Å². The molecule has 0 aromatic heterocycles. The van der Waals surface area contributed by atoms with Crippen LogP contribution in [0.4, 0.5) is 11.4 Å². The summed E-state index contributed by atoms with van der Waals surface area (Å²) in [5, 5.41) is 57.8. The van der Waals surface area contributed by atoms with Crippen LogP contribution in [0.1, 0.15) is 38.3 Å². The lowest BCUT2D eigenvalue weighted by Crippen LogP contribution is -2.65. The number of nitrogens with two attached hydrogens (primary N) is 1. The van der Waals surface area contributed by atoms with E-state index < -0.39 is 75.7 Å². The third kappa shape index (κ3) is 4.52. The number of primary amides is 1. The number of aliphatic hydroxyl groups excluding tert-OH is 2. The number of hydrogen-bond donors (Lipinski definition) is 7. The number of nitrogens with one attached hydrogen (secondary N) is 1. The number of phenolic OH excluding ortho intramolecular Hbond substituents is 1. The molecule has 0 heterocycles. The average molecular weight is 621 g/mol. The van der Waals surface area contributed by atoms with Gasteiger partial charge in [-0.2, -0.15) is 0 Å². The monoisotopic (exact) mass is 620 g/mol. The van der Waals surface area contributed by atoms with E-state index >= 15 is 0 Å². The van der Waals surface area contributed by atoms with Gasteiger partial charge in [0.25, 0.3) is 11.8 Å². The minimum absolute atomic E-state index is 0.0473. The maximum Gasteiger partial charge on any atom is 0.336 e. The summed E-state index contributed by atoms with van der Waals surface area (Å²) in [6, 6.07) is 5.68. The first-order valence-corrected chi connectivity index (χ1v) is 13.9. The predicted molar refractivity (Wildman–Crippen MR) is 160 cm³/mol. The SMILES string of the molecule is CN(C)c1cc(NC(=O)c2ccccc2C(=O)O)c(O)c2c1CC1CC3[C@H](N(C)C)C(=O)C(C(N)=O)=C(O)[C@@]3(O)C(=O)C1=C2O. The Labute approximate surface area is 256 Å². The Morgan fingerprint density at radius 1 is 1.02 bits per heavy atom. The molecule has 0 saturated heterocycles.